The number of hydrogen-bond acceptors (Lipinski definition) is 4. The molecule has 1 amide bonds. The number of rotatable bonds is 5. The van der Waals surface area contributed by atoms with Crippen molar-refractivity contribution < 1.29 is 4.79 Å². The second-order valence-corrected chi connectivity index (χ2v) is 7.52. The predicted molar refractivity (Wildman–Crippen MR) is 94.0 cm³/mol. The van der Waals surface area contributed by atoms with Crippen molar-refractivity contribution >= 4 is 21.8 Å². The van der Waals surface area contributed by atoms with Crippen LogP contribution in [0.2, 0.25) is 0 Å². The molecule has 0 aliphatic carbocycles. The average molecular weight is 381 g/mol. The molecular formula is C17H25BrN4O. The molecule has 2 atom stereocenters. The minimum absolute atomic E-state index is 0.0293. The van der Waals surface area contributed by atoms with Gasteiger partial charge in [-0.05, 0) is 72.8 Å². The van der Waals surface area contributed by atoms with Crippen molar-refractivity contribution in [3.05, 3.63) is 28.5 Å². The highest BCUT2D eigenvalue weighted by Crippen LogP contribution is 2.18. The van der Waals surface area contributed by atoms with E-state index in [9.17, 15) is 4.79 Å². The van der Waals surface area contributed by atoms with Crippen LogP contribution < -0.4 is 10.6 Å². The molecule has 0 saturated carbocycles. The molecule has 0 radical (unpaired) electrons. The molecule has 0 bridgehead atoms. The lowest BCUT2D eigenvalue weighted by molar-refractivity contribution is -0.123. The second kappa shape index (κ2) is 8.22. The number of aromatic nitrogens is 1. The zero-order valence-electron chi connectivity index (χ0n) is 13.4. The molecule has 0 spiro atoms. The molecule has 1 aromatic heterocycles. The number of halogens is 1. The molecule has 6 heteroatoms. The van der Waals surface area contributed by atoms with Crippen molar-refractivity contribution in [3.8, 4) is 0 Å². The van der Waals surface area contributed by atoms with Crippen LogP contribution in [-0.4, -0.2) is 48.0 Å². The Morgan fingerprint density at radius 1 is 1.39 bits per heavy atom. The summed E-state index contributed by atoms with van der Waals surface area (Å²) in [7, 11) is 0. The van der Waals surface area contributed by atoms with Crippen molar-refractivity contribution in [2.24, 2.45) is 5.92 Å². The summed E-state index contributed by atoms with van der Waals surface area (Å²) in [5.41, 5.74) is 1.10. The molecule has 3 heterocycles. The van der Waals surface area contributed by atoms with Gasteiger partial charge in [0.2, 0.25) is 5.91 Å². The summed E-state index contributed by atoms with van der Waals surface area (Å²) in [6.45, 7) is 4.81. The molecule has 2 unspecified atom stereocenters. The number of piperidine rings is 1. The number of carbonyl (C=O) groups is 1. The van der Waals surface area contributed by atoms with Crippen LogP contribution in [0.5, 0.6) is 0 Å². The van der Waals surface area contributed by atoms with E-state index in [2.05, 4.69) is 42.5 Å². The van der Waals surface area contributed by atoms with Gasteiger partial charge in [0.05, 0.1) is 11.7 Å². The van der Waals surface area contributed by atoms with E-state index in [1.54, 1.807) is 0 Å². The molecule has 3 rings (SSSR count). The molecule has 23 heavy (non-hydrogen) atoms. The highest BCUT2D eigenvalue weighted by Gasteiger charge is 2.24. The summed E-state index contributed by atoms with van der Waals surface area (Å²) in [6.07, 6.45) is 6.32. The minimum atomic E-state index is 0.0293. The van der Waals surface area contributed by atoms with E-state index in [0.29, 0.717) is 5.92 Å². The number of likely N-dealkylation sites (tertiary alicyclic amines) is 1. The van der Waals surface area contributed by atoms with E-state index < -0.39 is 0 Å². The van der Waals surface area contributed by atoms with Crippen molar-refractivity contribution in [3.63, 3.8) is 0 Å². The smallest absolute Gasteiger partial charge is 0.237 e. The fraction of sp³-hybridized carbons (Fsp3) is 0.647. The van der Waals surface area contributed by atoms with Gasteiger partial charge in [0.25, 0.3) is 0 Å². The van der Waals surface area contributed by atoms with Gasteiger partial charge in [-0.2, -0.15) is 0 Å². The van der Waals surface area contributed by atoms with Crippen molar-refractivity contribution in [1.29, 1.82) is 0 Å². The van der Waals surface area contributed by atoms with E-state index in [1.165, 1.54) is 12.8 Å². The van der Waals surface area contributed by atoms with Crippen molar-refractivity contribution in [2.75, 3.05) is 26.2 Å². The first kappa shape index (κ1) is 16.9. The van der Waals surface area contributed by atoms with Crippen LogP contribution >= 0.6 is 15.9 Å². The van der Waals surface area contributed by atoms with Gasteiger partial charge < -0.3 is 10.6 Å². The molecular weight excluding hydrogens is 356 g/mol. The Balaban J connectivity index is 1.44. The Hall–Kier alpha value is -0.980. The summed E-state index contributed by atoms with van der Waals surface area (Å²) in [5.74, 6) is 0.721. The maximum absolute atomic E-state index is 12.1. The number of hydrogen-bond donors (Lipinski definition) is 2. The van der Waals surface area contributed by atoms with Gasteiger partial charge in [-0.15, -0.1) is 0 Å². The summed E-state index contributed by atoms with van der Waals surface area (Å²) >= 11 is 3.42. The highest BCUT2D eigenvalue weighted by molar-refractivity contribution is 9.10. The maximum Gasteiger partial charge on any atom is 0.237 e. The minimum Gasteiger partial charge on any atom is -0.354 e. The molecule has 2 N–H and O–H groups in total. The largest absolute Gasteiger partial charge is 0.354 e. The second-order valence-electron chi connectivity index (χ2n) is 6.61. The Morgan fingerprint density at radius 3 is 3.04 bits per heavy atom. The van der Waals surface area contributed by atoms with Crippen LogP contribution in [0.25, 0.3) is 0 Å². The summed E-state index contributed by atoms with van der Waals surface area (Å²) < 4.78 is 1.01. The highest BCUT2D eigenvalue weighted by atomic mass is 79.9. The fourth-order valence-corrected chi connectivity index (χ4v) is 3.70. The molecule has 2 fully saturated rings. The van der Waals surface area contributed by atoms with E-state index in [1.807, 2.05) is 12.3 Å². The van der Waals surface area contributed by atoms with Gasteiger partial charge in [-0.3, -0.25) is 14.7 Å². The van der Waals surface area contributed by atoms with E-state index in [-0.39, 0.29) is 11.9 Å². The Bertz CT molecular complexity index is 516. The van der Waals surface area contributed by atoms with Gasteiger partial charge in [0.1, 0.15) is 0 Å². The number of carbonyl (C=O) groups excluding carboxylic acids is 1. The van der Waals surface area contributed by atoms with Crippen LogP contribution in [0, 0.1) is 5.92 Å². The van der Waals surface area contributed by atoms with Gasteiger partial charge in [0.15, 0.2) is 0 Å². The van der Waals surface area contributed by atoms with Crippen molar-refractivity contribution in [2.45, 2.75) is 38.3 Å². The fourth-order valence-electron chi connectivity index (χ4n) is 3.47. The Labute approximate surface area is 146 Å². The lowest BCUT2D eigenvalue weighted by atomic mass is 9.97. The zero-order chi connectivity index (χ0) is 16.1. The monoisotopic (exact) mass is 380 g/mol. The Morgan fingerprint density at radius 2 is 2.30 bits per heavy atom. The molecule has 5 nitrogen and oxygen atoms in total. The third-order valence-corrected chi connectivity index (χ3v) is 5.19. The predicted octanol–water partition coefficient (Wildman–Crippen LogP) is 1.92. The Kier molecular flexibility index (Phi) is 6.02. The quantitative estimate of drug-likeness (QED) is 0.819. The average Bonchev–Trinajstić information content (AvgIpc) is 3.10. The molecule has 0 aromatic carbocycles. The van der Waals surface area contributed by atoms with Gasteiger partial charge >= 0.3 is 0 Å². The lowest BCUT2D eigenvalue weighted by Gasteiger charge is -2.32. The van der Waals surface area contributed by atoms with Gasteiger partial charge in [-0.1, -0.05) is 0 Å². The first-order valence-electron chi connectivity index (χ1n) is 8.54. The van der Waals surface area contributed by atoms with Crippen LogP contribution in [-0.2, 0) is 11.3 Å². The lowest BCUT2D eigenvalue weighted by Crippen LogP contribution is -2.45. The van der Waals surface area contributed by atoms with Gasteiger partial charge in [-0.25, -0.2) is 0 Å². The van der Waals surface area contributed by atoms with Crippen LogP contribution in [0.4, 0.5) is 0 Å². The number of nitrogens with zero attached hydrogens (tertiary/aromatic N) is 2. The number of nitrogens with one attached hydrogen (secondary N) is 2. The van der Waals surface area contributed by atoms with Crippen LogP contribution in [0.3, 0.4) is 0 Å². The topological polar surface area (TPSA) is 57.3 Å². The zero-order valence-corrected chi connectivity index (χ0v) is 15.0. The first-order valence-corrected chi connectivity index (χ1v) is 9.34. The van der Waals surface area contributed by atoms with Gasteiger partial charge in [0, 0.05) is 30.3 Å². The summed E-state index contributed by atoms with van der Waals surface area (Å²) in [5, 5.41) is 6.39. The molecule has 2 saturated heterocycles. The number of pyridine rings is 1. The summed E-state index contributed by atoms with van der Waals surface area (Å²) in [6, 6.07) is 4.14. The molecule has 126 valence electrons. The van der Waals surface area contributed by atoms with E-state index in [0.717, 1.165) is 55.7 Å². The normalized spacial score (nSPS) is 25.4. The third kappa shape index (κ3) is 4.99. The first-order chi connectivity index (χ1) is 11.2. The molecule has 2 aliphatic rings. The van der Waals surface area contributed by atoms with E-state index in [4.69, 9.17) is 0 Å². The molecule has 1 aromatic rings. The summed E-state index contributed by atoms with van der Waals surface area (Å²) in [4.78, 5) is 19.0. The van der Waals surface area contributed by atoms with E-state index >= 15 is 0 Å². The van der Waals surface area contributed by atoms with Crippen LogP contribution in [0.15, 0.2) is 22.8 Å². The third-order valence-electron chi connectivity index (χ3n) is 4.72. The van der Waals surface area contributed by atoms with Crippen molar-refractivity contribution in [1.82, 2.24) is 20.5 Å². The maximum atomic E-state index is 12.1. The SMILES string of the molecule is O=C(NCC1CCCN(Cc2ccc(Br)cn2)C1)C1CCCN1. The molecule has 2 aliphatic heterocycles. The van der Waals surface area contributed by atoms with Crippen LogP contribution in [0.1, 0.15) is 31.4 Å². The standard InChI is InChI=1S/C17H25BrN4O/c18-14-5-6-15(20-10-14)12-22-8-2-3-13(11-22)9-21-17(23)16-4-1-7-19-16/h5-6,10,13,16,19H,1-4,7-9,11-12H2,(H,21,23). The number of amides is 1.